The van der Waals surface area contributed by atoms with Gasteiger partial charge in [0.05, 0.1) is 6.61 Å². The van der Waals surface area contributed by atoms with Crippen molar-refractivity contribution in [1.29, 1.82) is 0 Å². The Morgan fingerprint density at radius 1 is 1.44 bits per heavy atom. The Morgan fingerprint density at radius 3 is 2.33 bits per heavy atom. The van der Waals surface area contributed by atoms with Gasteiger partial charge in [0.2, 0.25) is 0 Å². The van der Waals surface area contributed by atoms with E-state index in [1.165, 1.54) is 0 Å². The van der Waals surface area contributed by atoms with E-state index in [4.69, 9.17) is 4.74 Å². The molecule has 0 atom stereocenters. The van der Waals surface area contributed by atoms with Crippen molar-refractivity contribution in [2.75, 3.05) is 20.3 Å². The predicted octanol–water partition coefficient (Wildman–Crippen LogP) is 1.02. The van der Waals surface area contributed by atoms with Crippen LogP contribution in [0.3, 0.4) is 0 Å². The lowest BCUT2D eigenvalue weighted by Crippen LogP contribution is -2.40. The summed E-state index contributed by atoms with van der Waals surface area (Å²) in [5, 5.41) is 3.15. The van der Waals surface area contributed by atoms with Crippen molar-refractivity contribution in [3.05, 3.63) is 0 Å². The molecule has 0 amide bonds. The molecule has 2 heteroatoms. The molecular formula is C7H17NO. The third-order valence-corrected chi connectivity index (χ3v) is 1.34. The van der Waals surface area contributed by atoms with E-state index in [0.29, 0.717) is 0 Å². The second kappa shape index (κ2) is 3.85. The van der Waals surface area contributed by atoms with Gasteiger partial charge in [-0.3, -0.25) is 0 Å². The van der Waals surface area contributed by atoms with Crippen LogP contribution in [0.5, 0.6) is 0 Å². The average molecular weight is 131 g/mol. The van der Waals surface area contributed by atoms with E-state index in [0.717, 1.165) is 13.2 Å². The van der Waals surface area contributed by atoms with Crippen molar-refractivity contribution in [1.82, 2.24) is 5.32 Å². The number of rotatable bonds is 4. The Balaban J connectivity index is 3.33. The van der Waals surface area contributed by atoms with Gasteiger partial charge in [-0.25, -0.2) is 0 Å². The molecule has 0 saturated heterocycles. The zero-order valence-corrected chi connectivity index (χ0v) is 6.82. The maximum absolute atomic E-state index is 5.23. The molecule has 0 spiro atoms. The van der Waals surface area contributed by atoms with Gasteiger partial charge >= 0.3 is 0 Å². The zero-order valence-electron chi connectivity index (χ0n) is 6.82. The summed E-state index contributed by atoms with van der Waals surface area (Å²) in [5.74, 6) is 0. The normalized spacial score (nSPS) is 12.0. The van der Waals surface area contributed by atoms with E-state index < -0.39 is 0 Å². The van der Waals surface area contributed by atoms with E-state index in [1.807, 2.05) is 14.0 Å². The Labute approximate surface area is 57.6 Å². The van der Waals surface area contributed by atoms with E-state index in [9.17, 15) is 0 Å². The maximum Gasteiger partial charge on any atom is 0.0642 e. The van der Waals surface area contributed by atoms with Gasteiger partial charge in [-0.05, 0) is 27.8 Å². The fraction of sp³-hybridized carbons (Fsp3) is 1.00. The van der Waals surface area contributed by atoms with Gasteiger partial charge in [0.25, 0.3) is 0 Å². The highest BCUT2D eigenvalue weighted by Crippen LogP contribution is 1.99. The van der Waals surface area contributed by atoms with Crippen LogP contribution >= 0.6 is 0 Å². The molecular weight excluding hydrogens is 114 g/mol. The Bertz CT molecular complexity index is 71.3. The molecule has 0 aliphatic heterocycles. The molecule has 0 rings (SSSR count). The van der Waals surface area contributed by atoms with Crippen molar-refractivity contribution in [2.24, 2.45) is 0 Å². The Hall–Kier alpha value is -0.0800. The standard InChI is InChI=1S/C7H17NO/c1-5-9-6-7(2,3)8-4/h8H,5-6H2,1-4H3. The van der Waals surface area contributed by atoms with E-state index in [2.05, 4.69) is 19.2 Å². The molecule has 0 aliphatic carbocycles. The molecule has 1 N–H and O–H groups in total. The van der Waals surface area contributed by atoms with Crippen molar-refractivity contribution in [3.63, 3.8) is 0 Å². The Kier molecular flexibility index (Phi) is 3.82. The second-order valence-corrected chi connectivity index (χ2v) is 2.77. The van der Waals surface area contributed by atoms with Crippen LogP contribution in [-0.4, -0.2) is 25.8 Å². The fourth-order valence-electron chi connectivity index (χ4n) is 0.429. The van der Waals surface area contributed by atoms with Crippen molar-refractivity contribution in [2.45, 2.75) is 26.3 Å². The fourth-order valence-corrected chi connectivity index (χ4v) is 0.429. The number of hydrogen-bond donors (Lipinski definition) is 1. The third-order valence-electron chi connectivity index (χ3n) is 1.34. The van der Waals surface area contributed by atoms with Gasteiger partial charge in [0.1, 0.15) is 0 Å². The highest BCUT2D eigenvalue weighted by molar-refractivity contribution is 4.73. The molecule has 9 heavy (non-hydrogen) atoms. The minimum Gasteiger partial charge on any atom is -0.380 e. The minimum absolute atomic E-state index is 0.121. The first-order chi connectivity index (χ1) is 4.12. The van der Waals surface area contributed by atoms with Crippen LogP contribution in [0.25, 0.3) is 0 Å². The topological polar surface area (TPSA) is 21.3 Å². The zero-order chi connectivity index (χ0) is 7.33. The van der Waals surface area contributed by atoms with E-state index in [1.54, 1.807) is 0 Å². The minimum atomic E-state index is 0.121. The summed E-state index contributed by atoms with van der Waals surface area (Å²) in [5.41, 5.74) is 0.121. The average Bonchev–Trinajstić information content (AvgIpc) is 1.84. The molecule has 0 fully saturated rings. The SMILES string of the molecule is CCOCC(C)(C)NC. The lowest BCUT2D eigenvalue weighted by molar-refractivity contribution is 0.0956. The van der Waals surface area contributed by atoms with E-state index in [-0.39, 0.29) is 5.54 Å². The van der Waals surface area contributed by atoms with Crippen LogP contribution in [0.2, 0.25) is 0 Å². The molecule has 0 heterocycles. The maximum atomic E-state index is 5.23. The summed E-state index contributed by atoms with van der Waals surface area (Å²) < 4.78 is 5.23. The summed E-state index contributed by atoms with van der Waals surface area (Å²) in [4.78, 5) is 0. The van der Waals surface area contributed by atoms with E-state index >= 15 is 0 Å². The molecule has 0 aromatic rings. The predicted molar refractivity (Wildman–Crippen MR) is 39.6 cm³/mol. The first-order valence-corrected chi connectivity index (χ1v) is 3.39. The van der Waals surface area contributed by atoms with Gasteiger partial charge in [-0.1, -0.05) is 0 Å². The first-order valence-electron chi connectivity index (χ1n) is 3.39. The number of ether oxygens (including phenoxy) is 1. The summed E-state index contributed by atoms with van der Waals surface area (Å²) in [6.07, 6.45) is 0. The second-order valence-electron chi connectivity index (χ2n) is 2.77. The monoisotopic (exact) mass is 131 g/mol. The Morgan fingerprint density at radius 2 is 2.00 bits per heavy atom. The van der Waals surface area contributed by atoms with Gasteiger partial charge < -0.3 is 10.1 Å². The van der Waals surface area contributed by atoms with Gasteiger partial charge in [-0.2, -0.15) is 0 Å². The van der Waals surface area contributed by atoms with Crippen molar-refractivity contribution < 1.29 is 4.74 Å². The summed E-state index contributed by atoms with van der Waals surface area (Å²) in [7, 11) is 1.94. The van der Waals surface area contributed by atoms with Crippen molar-refractivity contribution in [3.8, 4) is 0 Å². The lowest BCUT2D eigenvalue weighted by atomic mass is 10.1. The molecule has 0 aromatic heterocycles. The van der Waals surface area contributed by atoms with Gasteiger partial charge in [0.15, 0.2) is 0 Å². The summed E-state index contributed by atoms with van der Waals surface area (Å²) in [6.45, 7) is 7.81. The van der Waals surface area contributed by atoms with Gasteiger partial charge in [-0.15, -0.1) is 0 Å². The van der Waals surface area contributed by atoms with Gasteiger partial charge in [0, 0.05) is 12.1 Å². The molecule has 2 nitrogen and oxygen atoms in total. The van der Waals surface area contributed by atoms with Crippen LogP contribution < -0.4 is 5.32 Å². The summed E-state index contributed by atoms with van der Waals surface area (Å²) in [6, 6.07) is 0. The molecule has 0 bridgehead atoms. The van der Waals surface area contributed by atoms with Crippen molar-refractivity contribution >= 4 is 0 Å². The van der Waals surface area contributed by atoms with Crippen LogP contribution in [0.4, 0.5) is 0 Å². The largest absolute Gasteiger partial charge is 0.380 e. The lowest BCUT2D eigenvalue weighted by Gasteiger charge is -2.22. The number of likely N-dealkylation sites (N-methyl/N-ethyl adjacent to an activating group) is 1. The highest BCUT2D eigenvalue weighted by atomic mass is 16.5. The van der Waals surface area contributed by atoms with Crippen LogP contribution in [0.15, 0.2) is 0 Å². The molecule has 0 aromatic carbocycles. The molecule has 56 valence electrons. The molecule has 0 saturated carbocycles. The molecule has 0 unspecified atom stereocenters. The first kappa shape index (κ1) is 8.92. The highest BCUT2D eigenvalue weighted by Gasteiger charge is 2.13. The smallest absolute Gasteiger partial charge is 0.0642 e. The third kappa shape index (κ3) is 4.43. The summed E-state index contributed by atoms with van der Waals surface area (Å²) >= 11 is 0. The van der Waals surface area contributed by atoms with Crippen LogP contribution in [0, 0.1) is 0 Å². The quantitative estimate of drug-likeness (QED) is 0.615. The number of nitrogens with one attached hydrogen (secondary N) is 1. The van der Waals surface area contributed by atoms with Crippen LogP contribution in [-0.2, 0) is 4.74 Å². The molecule has 0 aliphatic rings. The number of hydrogen-bond acceptors (Lipinski definition) is 2. The van der Waals surface area contributed by atoms with Crippen LogP contribution in [0.1, 0.15) is 20.8 Å². The molecule has 0 radical (unpaired) electrons.